The van der Waals surface area contributed by atoms with Gasteiger partial charge in [-0.3, -0.25) is 4.89 Å². The van der Waals surface area contributed by atoms with Gasteiger partial charge in [-0.05, 0) is 263 Å². The molecule has 11 rings (SSSR count). The van der Waals surface area contributed by atoms with Crippen molar-refractivity contribution >= 4 is 29.4 Å². The number of phosphoric ester groups is 1. The fourth-order valence-electron chi connectivity index (χ4n) is 15.3. The summed E-state index contributed by atoms with van der Waals surface area (Å²) in [4.78, 5) is 13.0. The second-order valence-corrected chi connectivity index (χ2v) is 33.4. The van der Waals surface area contributed by atoms with Gasteiger partial charge in [-0.2, -0.15) is 0 Å². The molecule has 0 spiro atoms. The predicted molar refractivity (Wildman–Crippen MR) is 420 cm³/mol. The lowest BCUT2D eigenvalue weighted by molar-refractivity contribution is 0.295. The second-order valence-electron chi connectivity index (χ2n) is 32.1. The first kappa shape index (κ1) is 70.8. The summed E-state index contributed by atoms with van der Waals surface area (Å²) in [5.41, 5.74) is 29.9. The van der Waals surface area contributed by atoms with Gasteiger partial charge in [-0.15, -0.1) is 0 Å². The Morgan fingerprint density at radius 2 is 0.464 bits per heavy atom. The quantitative estimate of drug-likeness (QED) is 0.0870. The first-order valence-electron chi connectivity index (χ1n) is 36.6. The van der Waals surface area contributed by atoms with Crippen LogP contribution in [0.4, 0.5) is 0 Å². The van der Waals surface area contributed by atoms with Crippen LogP contribution >= 0.6 is 7.82 Å². The van der Waals surface area contributed by atoms with Crippen molar-refractivity contribution in [3.63, 3.8) is 0 Å². The first-order chi connectivity index (χ1) is 45.7. The smallest absolute Gasteiger partial charge is 0.394 e. The molecule has 0 atom stereocenters. The van der Waals surface area contributed by atoms with Gasteiger partial charge in [0.25, 0.3) is 0 Å². The maximum absolute atomic E-state index is 16.0. The van der Waals surface area contributed by atoms with E-state index in [0.717, 1.165) is 66.1 Å². The molecular formula is C92H109O4P. The maximum atomic E-state index is 16.0. The summed E-state index contributed by atoms with van der Waals surface area (Å²) in [5, 5.41) is 3.74. The lowest BCUT2D eigenvalue weighted by Gasteiger charge is -2.27. The average Bonchev–Trinajstić information content (AvgIpc) is 1.70. The van der Waals surface area contributed by atoms with Crippen LogP contribution in [0.2, 0.25) is 0 Å². The Balaban J connectivity index is 1.32. The zero-order valence-corrected chi connectivity index (χ0v) is 63.8. The van der Waals surface area contributed by atoms with Crippen molar-refractivity contribution in [2.45, 2.75) is 237 Å². The number of phosphoric acid groups is 1. The molecule has 0 aromatic heterocycles. The Labute approximate surface area is 583 Å². The van der Waals surface area contributed by atoms with Crippen molar-refractivity contribution < 1.29 is 18.5 Å². The minimum atomic E-state index is -5.05. The molecule has 0 bridgehead atoms. The molecule has 1 N–H and O–H groups in total. The van der Waals surface area contributed by atoms with Crippen molar-refractivity contribution in [2.75, 3.05) is 0 Å². The number of hydrogen-bond acceptors (Lipinski definition) is 3. The highest BCUT2D eigenvalue weighted by Crippen LogP contribution is 2.63. The van der Waals surface area contributed by atoms with Crippen molar-refractivity contribution in [1.82, 2.24) is 0 Å². The molecule has 5 heteroatoms. The van der Waals surface area contributed by atoms with E-state index in [4.69, 9.17) is 9.05 Å². The Kier molecular flexibility index (Phi) is 20.2. The van der Waals surface area contributed by atoms with Crippen LogP contribution in [0, 0.1) is 0 Å². The minimum Gasteiger partial charge on any atom is -0.394 e. The van der Waals surface area contributed by atoms with Gasteiger partial charge in [0.1, 0.15) is 11.5 Å². The molecular weight excluding hydrogens is 1200 g/mol. The third-order valence-corrected chi connectivity index (χ3v) is 21.7. The van der Waals surface area contributed by atoms with E-state index in [1.807, 2.05) is 0 Å². The van der Waals surface area contributed by atoms with Crippen LogP contribution in [0.25, 0.3) is 99.4 Å². The Hall–Kier alpha value is -7.49. The van der Waals surface area contributed by atoms with Crippen LogP contribution in [0.3, 0.4) is 0 Å². The summed E-state index contributed by atoms with van der Waals surface area (Å²) in [7, 11) is -5.05. The van der Waals surface area contributed by atoms with Gasteiger partial charge < -0.3 is 9.05 Å². The standard InChI is InChI=1S/C92H109O4P/c1-49(2)63-41-75(53(9)10)85(76(42-63)54(11)12)69-33-67(34-70(37-69)86-77(55(13)14)43-64(50(3)4)44-78(86)56(15)16)83-39-61-29-25-27-31-73(61)89-90-74-32-28-26-30-62(74)40-84(92(90)96-97(93,94)95-91(83)89)68-35-71(87-79(57(17)18)45-65(51(5)6)46-80(87)58(19)20)38-72(36-68)88-81(59(21)22)47-66(52(7)8)48-82(88)60(23)24/h25-60H,1-24H3,(H,93,94). The molecule has 0 saturated heterocycles. The number of hydrogen-bond donors (Lipinski definition) is 1. The molecule has 10 aromatic rings. The molecule has 1 aliphatic heterocycles. The Morgan fingerprint density at radius 1 is 0.258 bits per heavy atom. The zero-order valence-electron chi connectivity index (χ0n) is 62.9. The summed E-state index contributed by atoms with van der Waals surface area (Å²) in [6.07, 6.45) is 0. The van der Waals surface area contributed by atoms with E-state index in [1.54, 1.807) is 0 Å². The van der Waals surface area contributed by atoms with Gasteiger partial charge in [0.05, 0.1) is 0 Å². The van der Waals surface area contributed by atoms with Crippen molar-refractivity contribution in [3.05, 3.63) is 212 Å². The monoisotopic (exact) mass is 1310 g/mol. The number of fused-ring (bicyclic) bond motifs is 7. The third-order valence-electron chi connectivity index (χ3n) is 20.8. The Morgan fingerprint density at radius 3 is 0.670 bits per heavy atom. The van der Waals surface area contributed by atoms with Crippen molar-refractivity contribution in [3.8, 4) is 89.4 Å². The molecule has 0 amide bonds. The second kappa shape index (κ2) is 27.7. The maximum Gasteiger partial charge on any atom is 0.584 e. The minimum absolute atomic E-state index is 0.217. The lowest BCUT2D eigenvalue weighted by Crippen LogP contribution is -2.06. The molecule has 10 aromatic carbocycles. The summed E-state index contributed by atoms with van der Waals surface area (Å²) >= 11 is 0. The number of rotatable bonds is 18. The normalized spacial score (nSPS) is 13.4. The molecule has 506 valence electrons. The lowest BCUT2D eigenvalue weighted by atomic mass is 9.78. The third kappa shape index (κ3) is 13.6. The van der Waals surface area contributed by atoms with Gasteiger partial charge >= 0.3 is 7.82 Å². The van der Waals surface area contributed by atoms with Gasteiger partial charge in [-0.25, -0.2) is 4.57 Å². The molecule has 0 unspecified atom stereocenters. The fraction of sp³-hybridized carbons (Fsp3) is 0.391. The molecule has 0 saturated carbocycles. The largest absolute Gasteiger partial charge is 0.584 e. The Bertz CT molecular complexity index is 4110. The molecule has 4 nitrogen and oxygen atoms in total. The van der Waals surface area contributed by atoms with Gasteiger partial charge in [-0.1, -0.05) is 263 Å². The first-order valence-corrected chi connectivity index (χ1v) is 38.1. The summed E-state index contributed by atoms with van der Waals surface area (Å²) in [6.45, 7) is 55.6. The summed E-state index contributed by atoms with van der Waals surface area (Å²) in [5.74, 6) is 3.74. The summed E-state index contributed by atoms with van der Waals surface area (Å²) < 4.78 is 30.0. The summed E-state index contributed by atoms with van der Waals surface area (Å²) in [6, 6.07) is 55.3. The van der Waals surface area contributed by atoms with E-state index in [2.05, 4.69) is 312 Å². The van der Waals surface area contributed by atoms with Crippen LogP contribution in [-0.2, 0) is 4.57 Å². The van der Waals surface area contributed by atoms with Gasteiger partial charge in [0, 0.05) is 22.3 Å². The molecule has 1 heterocycles. The van der Waals surface area contributed by atoms with Crippen molar-refractivity contribution in [1.29, 1.82) is 0 Å². The topological polar surface area (TPSA) is 55.8 Å². The van der Waals surface area contributed by atoms with Crippen LogP contribution in [0.15, 0.2) is 146 Å². The highest BCUT2D eigenvalue weighted by Gasteiger charge is 2.39. The average molecular weight is 1310 g/mol. The molecule has 0 fully saturated rings. The van der Waals surface area contributed by atoms with E-state index < -0.39 is 7.82 Å². The van der Waals surface area contributed by atoms with Crippen LogP contribution in [0.1, 0.15) is 304 Å². The van der Waals surface area contributed by atoms with E-state index in [0.29, 0.717) is 46.3 Å². The predicted octanol–water partition coefficient (Wildman–Crippen LogP) is 29.0. The van der Waals surface area contributed by atoms with Crippen LogP contribution in [0.5, 0.6) is 11.5 Å². The highest BCUT2D eigenvalue weighted by molar-refractivity contribution is 7.48. The van der Waals surface area contributed by atoms with E-state index >= 15 is 4.57 Å². The van der Waals surface area contributed by atoms with Crippen LogP contribution in [-0.4, -0.2) is 4.89 Å². The van der Waals surface area contributed by atoms with Gasteiger partial charge in [0.15, 0.2) is 0 Å². The molecule has 0 aliphatic carbocycles. The van der Waals surface area contributed by atoms with E-state index in [1.165, 1.54) is 89.0 Å². The SMILES string of the molecule is CC(C)c1cc(C(C)C)c(-c2cc(-c3cc4ccccc4c4c3OP(=O)(O)Oc3c(-c5cc(-c6c(C(C)C)cc(C(C)C)cc6C(C)C)cc(-c6c(C(C)C)cc(C(C)C)cc6C(C)C)c5)cc5ccccc5c3-4)cc(-c3c(C(C)C)cc(C(C)C)cc3C(C)C)c2)c(C(C)C)c1. The van der Waals surface area contributed by atoms with Crippen molar-refractivity contribution in [2.24, 2.45) is 0 Å². The molecule has 97 heavy (non-hydrogen) atoms. The van der Waals surface area contributed by atoms with E-state index in [-0.39, 0.29) is 47.3 Å². The zero-order chi connectivity index (χ0) is 70.3. The van der Waals surface area contributed by atoms with E-state index in [9.17, 15) is 4.89 Å². The fourth-order valence-corrected chi connectivity index (χ4v) is 16.2. The van der Waals surface area contributed by atoms with Crippen LogP contribution < -0.4 is 9.05 Å². The molecule has 1 aliphatic rings. The molecule has 0 radical (unpaired) electrons. The highest BCUT2D eigenvalue weighted by atomic mass is 31.2. The number of benzene rings is 10. The van der Waals surface area contributed by atoms with Gasteiger partial charge in [0.2, 0.25) is 0 Å².